The van der Waals surface area contributed by atoms with Crippen molar-refractivity contribution in [2.24, 2.45) is 0 Å². The summed E-state index contributed by atoms with van der Waals surface area (Å²) in [7, 11) is 1.93. The maximum Gasteiger partial charge on any atom is 0.266 e. The molecule has 5 nitrogen and oxygen atoms in total. The number of nitrogens with one attached hydrogen (secondary N) is 1. The number of hydrogen-bond acceptors (Lipinski definition) is 5. The molecular weight excluding hydrogens is 204 g/mol. The highest BCUT2D eigenvalue weighted by Crippen LogP contribution is 2.19. The highest BCUT2D eigenvalue weighted by Gasteiger charge is 2.20. The van der Waals surface area contributed by atoms with E-state index >= 15 is 0 Å². The molecule has 0 saturated heterocycles. The van der Waals surface area contributed by atoms with Crippen molar-refractivity contribution in [3.8, 4) is 0 Å². The second-order valence-electron chi connectivity index (χ2n) is 3.97. The summed E-state index contributed by atoms with van der Waals surface area (Å²) in [5, 5.41) is 7.20. The third kappa shape index (κ3) is 2.72. The summed E-state index contributed by atoms with van der Waals surface area (Å²) in [6.07, 6.45) is 0. The van der Waals surface area contributed by atoms with Gasteiger partial charge in [0.25, 0.3) is 5.95 Å². The molecule has 16 heavy (non-hydrogen) atoms. The molecule has 0 aliphatic heterocycles. The van der Waals surface area contributed by atoms with Gasteiger partial charge in [-0.3, -0.25) is 0 Å². The largest absolute Gasteiger partial charge is 0.339 e. The Morgan fingerprint density at radius 1 is 1.31 bits per heavy atom. The SMILES string of the molecule is CCN(CC)c1noc(C(C)C(C)NC)n1. The van der Waals surface area contributed by atoms with Crippen LogP contribution in [0.1, 0.15) is 39.5 Å². The van der Waals surface area contributed by atoms with E-state index in [1.165, 1.54) is 0 Å². The standard InChI is InChI=1S/C11H22N4O/c1-6-15(7-2)11-13-10(16-14-11)8(3)9(4)12-5/h8-9,12H,6-7H2,1-5H3. The second-order valence-corrected chi connectivity index (χ2v) is 3.97. The first kappa shape index (κ1) is 13.0. The molecule has 1 N–H and O–H groups in total. The van der Waals surface area contributed by atoms with Crippen molar-refractivity contribution < 1.29 is 4.52 Å². The van der Waals surface area contributed by atoms with Gasteiger partial charge < -0.3 is 14.7 Å². The predicted molar refractivity (Wildman–Crippen MR) is 64.8 cm³/mol. The number of aromatic nitrogens is 2. The van der Waals surface area contributed by atoms with Crippen LogP contribution in [0.5, 0.6) is 0 Å². The zero-order valence-corrected chi connectivity index (χ0v) is 10.8. The Kier molecular flexibility index (Phi) is 4.73. The Balaban J connectivity index is 2.77. The quantitative estimate of drug-likeness (QED) is 0.799. The van der Waals surface area contributed by atoms with Crippen LogP contribution in [0.4, 0.5) is 5.95 Å². The van der Waals surface area contributed by atoms with E-state index in [-0.39, 0.29) is 5.92 Å². The minimum Gasteiger partial charge on any atom is -0.339 e. The lowest BCUT2D eigenvalue weighted by molar-refractivity contribution is 0.335. The number of anilines is 1. The minimum absolute atomic E-state index is 0.224. The highest BCUT2D eigenvalue weighted by atomic mass is 16.5. The highest BCUT2D eigenvalue weighted by molar-refractivity contribution is 5.27. The Morgan fingerprint density at radius 2 is 1.94 bits per heavy atom. The third-order valence-electron chi connectivity index (χ3n) is 3.07. The van der Waals surface area contributed by atoms with Gasteiger partial charge in [-0.1, -0.05) is 6.92 Å². The van der Waals surface area contributed by atoms with E-state index in [2.05, 4.69) is 48.1 Å². The van der Waals surface area contributed by atoms with Crippen molar-refractivity contribution in [1.82, 2.24) is 15.5 Å². The fourth-order valence-corrected chi connectivity index (χ4v) is 1.51. The topological polar surface area (TPSA) is 54.2 Å². The Morgan fingerprint density at radius 3 is 2.44 bits per heavy atom. The van der Waals surface area contributed by atoms with E-state index in [0.29, 0.717) is 17.9 Å². The van der Waals surface area contributed by atoms with Crippen molar-refractivity contribution in [3.05, 3.63) is 5.89 Å². The molecule has 0 amide bonds. The predicted octanol–water partition coefficient (Wildman–Crippen LogP) is 1.63. The molecular formula is C11H22N4O. The van der Waals surface area contributed by atoms with Crippen molar-refractivity contribution in [1.29, 1.82) is 0 Å². The van der Waals surface area contributed by atoms with Crippen molar-refractivity contribution in [2.75, 3.05) is 25.0 Å². The smallest absolute Gasteiger partial charge is 0.266 e. The summed E-state index contributed by atoms with van der Waals surface area (Å²) in [4.78, 5) is 6.50. The molecule has 0 saturated carbocycles. The lowest BCUT2D eigenvalue weighted by Crippen LogP contribution is -2.27. The monoisotopic (exact) mass is 226 g/mol. The molecule has 1 aromatic rings. The van der Waals surface area contributed by atoms with Gasteiger partial charge in [-0.25, -0.2) is 0 Å². The summed E-state index contributed by atoms with van der Waals surface area (Å²) in [5.74, 6) is 1.61. The maximum atomic E-state index is 5.29. The Bertz CT molecular complexity index is 309. The first-order valence-electron chi connectivity index (χ1n) is 5.89. The van der Waals surface area contributed by atoms with Crippen LogP contribution in [0.15, 0.2) is 4.52 Å². The van der Waals surface area contributed by atoms with Gasteiger partial charge in [0.1, 0.15) is 0 Å². The minimum atomic E-state index is 0.224. The third-order valence-corrected chi connectivity index (χ3v) is 3.07. The van der Waals surface area contributed by atoms with E-state index in [1.807, 2.05) is 7.05 Å². The number of rotatable bonds is 6. The molecule has 1 aromatic heterocycles. The Labute approximate surface area is 97.2 Å². The molecule has 0 aromatic carbocycles. The zero-order chi connectivity index (χ0) is 12.1. The molecule has 92 valence electrons. The summed E-state index contributed by atoms with van der Waals surface area (Å²) >= 11 is 0. The first-order valence-corrected chi connectivity index (χ1v) is 5.89. The fourth-order valence-electron chi connectivity index (χ4n) is 1.51. The van der Waals surface area contributed by atoms with Gasteiger partial charge in [0.15, 0.2) is 0 Å². The lowest BCUT2D eigenvalue weighted by Gasteiger charge is -2.16. The number of hydrogen-bond donors (Lipinski definition) is 1. The lowest BCUT2D eigenvalue weighted by atomic mass is 10.0. The molecule has 0 spiro atoms. The van der Waals surface area contributed by atoms with Crippen LogP contribution in [-0.2, 0) is 0 Å². The van der Waals surface area contributed by atoms with Crippen LogP contribution in [0.25, 0.3) is 0 Å². The van der Waals surface area contributed by atoms with Gasteiger partial charge in [0, 0.05) is 19.1 Å². The molecule has 2 unspecified atom stereocenters. The molecule has 0 fully saturated rings. The summed E-state index contributed by atoms with van der Waals surface area (Å²) < 4.78 is 5.29. The summed E-state index contributed by atoms with van der Waals surface area (Å²) in [5.41, 5.74) is 0. The van der Waals surface area contributed by atoms with Crippen LogP contribution in [0.2, 0.25) is 0 Å². The van der Waals surface area contributed by atoms with Crippen LogP contribution < -0.4 is 10.2 Å². The molecule has 0 bridgehead atoms. The average Bonchev–Trinajstić information content (AvgIpc) is 2.78. The van der Waals surface area contributed by atoms with E-state index in [0.717, 1.165) is 13.1 Å². The van der Waals surface area contributed by atoms with Gasteiger partial charge in [-0.2, -0.15) is 4.98 Å². The molecule has 1 rings (SSSR count). The van der Waals surface area contributed by atoms with E-state index in [4.69, 9.17) is 4.52 Å². The van der Waals surface area contributed by atoms with Crippen LogP contribution >= 0.6 is 0 Å². The summed E-state index contributed by atoms with van der Waals surface area (Å²) in [6, 6.07) is 0.324. The number of likely N-dealkylation sites (N-methyl/N-ethyl adjacent to an activating group) is 1. The van der Waals surface area contributed by atoms with Crippen molar-refractivity contribution in [3.63, 3.8) is 0 Å². The fraction of sp³-hybridized carbons (Fsp3) is 0.818. The van der Waals surface area contributed by atoms with Gasteiger partial charge in [-0.05, 0) is 33.0 Å². The molecule has 1 heterocycles. The van der Waals surface area contributed by atoms with Crippen LogP contribution in [-0.4, -0.2) is 36.3 Å². The molecule has 0 aliphatic rings. The van der Waals surface area contributed by atoms with E-state index in [9.17, 15) is 0 Å². The van der Waals surface area contributed by atoms with Gasteiger partial charge >= 0.3 is 0 Å². The second kappa shape index (κ2) is 5.84. The van der Waals surface area contributed by atoms with Crippen molar-refractivity contribution in [2.45, 2.75) is 39.7 Å². The molecule has 0 radical (unpaired) electrons. The summed E-state index contributed by atoms with van der Waals surface area (Å²) in [6.45, 7) is 10.1. The van der Waals surface area contributed by atoms with Gasteiger partial charge in [0.2, 0.25) is 5.89 Å². The first-order chi connectivity index (χ1) is 7.63. The molecule has 5 heteroatoms. The molecule has 0 aliphatic carbocycles. The van der Waals surface area contributed by atoms with Gasteiger partial charge in [-0.15, -0.1) is 0 Å². The zero-order valence-electron chi connectivity index (χ0n) is 10.8. The van der Waals surface area contributed by atoms with Crippen LogP contribution in [0, 0.1) is 0 Å². The van der Waals surface area contributed by atoms with E-state index < -0.39 is 0 Å². The number of nitrogens with zero attached hydrogens (tertiary/aromatic N) is 3. The van der Waals surface area contributed by atoms with E-state index in [1.54, 1.807) is 0 Å². The van der Waals surface area contributed by atoms with Crippen molar-refractivity contribution >= 4 is 5.95 Å². The Hall–Kier alpha value is -1.10. The normalized spacial score (nSPS) is 14.8. The van der Waals surface area contributed by atoms with Gasteiger partial charge in [0.05, 0.1) is 5.92 Å². The molecule has 2 atom stereocenters. The maximum absolute atomic E-state index is 5.29. The van der Waals surface area contributed by atoms with Crippen LogP contribution in [0.3, 0.4) is 0 Å². The average molecular weight is 226 g/mol.